The highest BCUT2D eigenvalue weighted by Gasteiger charge is 2.35. The minimum absolute atomic E-state index is 0.631. The van der Waals surface area contributed by atoms with Gasteiger partial charge in [0.1, 0.15) is 24.6 Å². The highest BCUT2D eigenvalue weighted by molar-refractivity contribution is 6.42. The second kappa shape index (κ2) is 9.53. The third-order valence-electron chi connectivity index (χ3n) is 10.2. The Bertz CT molecular complexity index is 1740. The monoisotopic (exact) mass is 571 g/mol. The van der Waals surface area contributed by atoms with Gasteiger partial charge in [-0.3, -0.25) is 0 Å². The molecular weight excluding hydrogens is 535 g/mol. The zero-order chi connectivity index (χ0) is 27.1. The van der Waals surface area contributed by atoms with E-state index in [0.717, 1.165) is 68.9 Å². The van der Waals surface area contributed by atoms with Crippen molar-refractivity contribution in [3.05, 3.63) is 83.3 Å². The van der Waals surface area contributed by atoms with Crippen LogP contribution < -0.4 is 24.8 Å². The van der Waals surface area contributed by atoms with Crippen LogP contribution in [0.4, 0.5) is 5.69 Å². The lowest BCUT2D eigenvalue weighted by Crippen LogP contribution is -2.41. The molecule has 40 heavy (non-hydrogen) atoms. The van der Waals surface area contributed by atoms with E-state index in [0.29, 0.717) is 10.0 Å². The number of hydrogen-bond acceptors (Lipinski definition) is 2. The largest absolute Gasteiger partial charge is 0.455 e. The Morgan fingerprint density at radius 2 is 1.50 bits per heavy atom. The first-order valence-electron chi connectivity index (χ1n) is 15.4. The maximum absolute atomic E-state index is 7.24. The summed E-state index contributed by atoms with van der Waals surface area (Å²) >= 11 is 13.5. The van der Waals surface area contributed by atoms with E-state index in [-0.39, 0.29) is 0 Å². The molecule has 0 bridgehead atoms. The maximum atomic E-state index is 7.24. The zero-order valence-corrected chi connectivity index (χ0v) is 25.2. The fourth-order valence-electron chi connectivity index (χ4n) is 8.22. The second-order valence-corrected chi connectivity index (χ2v) is 13.3. The average Bonchev–Trinajstić information content (AvgIpc) is 3.31. The molecule has 5 aliphatic heterocycles. The quantitative estimate of drug-likeness (QED) is 0.233. The molecule has 0 radical (unpaired) electrons. The predicted molar refractivity (Wildman–Crippen MR) is 165 cm³/mol. The molecule has 0 saturated heterocycles. The topological polar surface area (TPSA) is 15.5 Å². The summed E-state index contributed by atoms with van der Waals surface area (Å²) in [6.45, 7) is 8.94. The van der Waals surface area contributed by atoms with Gasteiger partial charge in [0.05, 0.1) is 15.6 Å². The summed E-state index contributed by atoms with van der Waals surface area (Å²) in [5.41, 5.74) is 13.3. The van der Waals surface area contributed by atoms with Gasteiger partial charge >= 0.3 is 0 Å². The maximum Gasteiger partial charge on any atom is 0.210 e. The van der Waals surface area contributed by atoms with Crippen LogP contribution in [0.5, 0.6) is 11.5 Å². The summed E-state index contributed by atoms with van der Waals surface area (Å²) in [5.74, 6) is 2.19. The molecule has 3 aromatic rings. The average molecular weight is 573 g/mol. The van der Waals surface area contributed by atoms with Crippen LogP contribution in [-0.4, -0.2) is 26.2 Å². The molecule has 0 atom stereocenters. The first-order valence-corrected chi connectivity index (χ1v) is 16.2. The van der Waals surface area contributed by atoms with Gasteiger partial charge in [0.2, 0.25) is 5.36 Å². The first-order chi connectivity index (χ1) is 19.5. The van der Waals surface area contributed by atoms with Crippen LogP contribution in [0.25, 0.3) is 5.57 Å². The number of hydrogen-bond donors (Lipinski definition) is 0. The zero-order valence-electron chi connectivity index (χ0n) is 23.7. The van der Waals surface area contributed by atoms with Crippen LogP contribution in [0, 0.1) is 13.8 Å². The number of halogens is 2. The molecule has 3 aromatic carbocycles. The van der Waals surface area contributed by atoms with E-state index < -0.39 is 0 Å². The molecule has 3 nitrogen and oxygen atoms in total. The number of benzene rings is 3. The highest BCUT2D eigenvalue weighted by atomic mass is 35.5. The van der Waals surface area contributed by atoms with E-state index in [1.165, 1.54) is 99.3 Å². The van der Waals surface area contributed by atoms with E-state index >= 15 is 0 Å². The predicted octanol–water partition coefficient (Wildman–Crippen LogP) is 6.83. The van der Waals surface area contributed by atoms with Crippen molar-refractivity contribution in [2.75, 3.05) is 31.1 Å². The van der Waals surface area contributed by atoms with Gasteiger partial charge in [-0.2, -0.15) is 0 Å². The summed E-state index contributed by atoms with van der Waals surface area (Å²) in [7, 11) is 0. The molecule has 0 unspecified atom stereocenters. The summed E-state index contributed by atoms with van der Waals surface area (Å²) in [6.07, 6.45) is 11.8. The molecule has 0 saturated carbocycles. The van der Waals surface area contributed by atoms with Crippen molar-refractivity contribution in [2.45, 2.75) is 78.1 Å². The van der Waals surface area contributed by atoms with Crippen LogP contribution in [0.2, 0.25) is 10.0 Å². The third kappa shape index (κ3) is 3.66. The van der Waals surface area contributed by atoms with Crippen molar-refractivity contribution >= 4 is 34.5 Å². The van der Waals surface area contributed by atoms with Crippen molar-refractivity contribution in [1.29, 1.82) is 0 Å². The molecule has 0 amide bonds. The lowest BCUT2D eigenvalue weighted by molar-refractivity contribution is 0.442. The normalized spacial score (nSPS) is 19.1. The minimum Gasteiger partial charge on any atom is -0.455 e. The second-order valence-electron chi connectivity index (χ2n) is 12.5. The number of fused-ring (bicyclic) bond motifs is 4. The molecule has 5 heterocycles. The SMILES string of the molecule is Cc1c(C2=c3cc4c5c(c3Oc3c2cc2c6c3CCCN6CCCC2)CCC[N+]=5CCCC4)cc(Cl)c(Cl)c1C. The van der Waals surface area contributed by atoms with Crippen molar-refractivity contribution in [3.63, 3.8) is 0 Å². The van der Waals surface area contributed by atoms with Gasteiger partial charge in [-0.15, -0.1) is 0 Å². The third-order valence-corrected chi connectivity index (χ3v) is 11.1. The van der Waals surface area contributed by atoms with Crippen LogP contribution in [0.15, 0.2) is 18.2 Å². The van der Waals surface area contributed by atoms with Crippen molar-refractivity contribution in [3.8, 4) is 11.5 Å². The van der Waals surface area contributed by atoms with Gasteiger partial charge in [0.15, 0.2) is 0 Å². The number of rotatable bonds is 1. The molecule has 0 fully saturated rings. The molecule has 206 valence electrons. The lowest BCUT2D eigenvalue weighted by atomic mass is 9.82. The van der Waals surface area contributed by atoms with Crippen LogP contribution >= 0.6 is 23.2 Å². The van der Waals surface area contributed by atoms with Gasteiger partial charge in [-0.1, -0.05) is 23.2 Å². The highest BCUT2D eigenvalue weighted by Crippen LogP contribution is 2.49. The van der Waals surface area contributed by atoms with Crippen LogP contribution in [0.1, 0.15) is 83.0 Å². The molecular formula is C35H37Cl2N2O+. The summed E-state index contributed by atoms with van der Waals surface area (Å²) in [4.78, 5) is 2.65. The van der Waals surface area contributed by atoms with E-state index in [4.69, 9.17) is 27.9 Å². The summed E-state index contributed by atoms with van der Waals surface area (Å²) in [5, 5.41) is 4.01. The molecule has 0 aromatic heterocycles. The Balaban J connectivity index is 1.54. The smallest absolute Gasteiger partial charge is 0.210 e. The van der Waals surface area contributed by atoms with E-state index in [1.807, 2.05) is 0 Å². The van der Waals surface area contributed by atoms with Crippen LogP contribution in [0.3, 0.4) is 0 Å². The number of nitrogens with zero attached hydrogens (tertiary/aromatic N) is 2. The van der Waals surface area contributed by atoms with Gasteiger partial charge < -0.3 is 9.64 Å². The van der Waals surface area contributed by atoms with E-state index in [1.54, 1.807) is 0 Å². The van der Waals surface area contributed by atoms with Crippen molar-refractivity contribution in [1.82, 2.24) is 4.58 Å². The Hall–Kier alpha value is -2.49. The molecule has 0 aliphatic carbocycles. The van der Waals surface area contributed by atoms with E-state index in [9.17, 15) is 0 Å². The fraction of sp³-hybridized carbons (Fsp3) is 0.457. The Morgan fingerprint density at radius 3 is 2.40 bits per heavy atom. The van der Waals surface area contributed by atoms with Crippen molar-refractivity contribution < 1.29 is 4.74 Å². The standard InChI is InChI=1S/C35H37Cl2N2O/c1-20-21(2)31(37)29(36)19-26(20)30-27-17-22-9-3-5-13-38-15-7-11-24(32(22)38)34(27)40-35-25-12-8-16-39-14-6-4-10-23(33(25)39)18-28(30)35/h17-19H,3-16H2,1-2H3/q+1. The summed E-state index contributed by atoms with van der Waals surface area (Å²) in [6, 6.07) is 7.08. The molecule has 0 N–H and O–H groups in total. The van der Waals surface area contributed by atoms with Gasteiger partial charge in [-0.05, 0) is 106 Å². The Morgan fingerprint density at radius 1 is 0.725 bits per heavy atom. The van der Waals surface area contributed by atoms with Gasteiger partial charge in [0, 0.05) is 59.1 Å². The van der Waals surface area contributed by atoms with Crippen LogP contribution in [-0.2, 0) is 25.7 Å². The Labute approximate surface area is 247 Å². The number of anilines is 1. The number of aryl methyl sites for hydroxylation is 2. The first kappa shape index (κ1) is 25.2. The number of ether oxygens (including phenoxy) is 1. The van der Waals surface area contributed by atoms with E-state index in [2.05, 4.69) is 41.5 Å². The molecule has 5 heteroatoms. The molecule has 5 aliphatic rings. The lowest BCUT2D eigenvalue weighted by Gasteiger charge is -2.36. The Kier molecular flexibility index (Phi) is 6.01. The van der Waals surface area contributed by atoms with Crippen molar-refractivity contribution in [2.24, 2.45) is 0 Å². The molecule has 0 spiro atoms. The minimum atomic E-state index is 0.631. The summed E-state index contributed by atoms with van der Waals surface area (Å²) < 4.78 is 9.89. The molecule has 8 rings (SSSR count). The fourth-order valence-corrected chi connectivity index (χ4v) is 8.67. The van der Waals surface area contributed by atoms with Gasteiger partial charge in [-0.25, -0.2) is 4.58 Å². The van der Waals surface area contributed by atoms with Gasteiger partial charge in [0.25, 0.3) is 0 Å².